The summed E-state index contributed by atoms with van der Waals surface area (Å²) in [5.74, 6) is 1.41. The van der Waals surface area contributed by atoms with Gasteiger partial charge in [-0.15, -0.1) is 5.10 Å². The van der Waals surface area contributed by atoms with Crippen molar-refractivity contribution in [3.63, 3.8) is 0 Å². The molecule has 0 N–H and O–H groups in total. The van der Waals surface area contributed by atoms with Crippen LogP contribution in [0.2, 0.25) is 0 Å². The molecule has 0 bridgehead atoms. The molecular formula is C16H19N5O2. The Morgan fingerprint density at radius 3 is 2.48 bits per heavy atom. The highest BCUT2D eigenvalue weighted by Gasteiger charge is 2.17. The Morgan fingerprint density at radius 1 is 1.13 bits per heavy atom. The molecule has 0 aliphatic carbocycles. The van der Waals surface area contributed by atoms with Crippen molar-refractivity contribution in [2.45, 2.75) is 19.5 Å². The molecule has 3 aromatic rings. The van der Waals surface area contributed by atoms with E-state index >= 15 is 0 Å². The predicted octanol–water partition coefficient (Wildman–Crippen LogP) is 2.42. The zero-order valence-corrected chi connectivity index (χ0v) is 13.4. The topological polar surface area (TPSA) is 67.0 Å². The van der Waals surface area contributed by atoms with Crippen molar-refractivity contribution in [2.24, 2.45) is 0 Å². The molecule has 0 radical (unpaired) electrons. The minimum atomic E-state index is 0.122. The number of hydrogen-bond acceptors (Lipinski definition) is 5. The van der Waals surface area contributed by atoms with Gasteiger partial charge in [0.05, 0.1) is 38.6 Å². The second-order valence-corrected chi connectivity index (χ2v) is 5.20. The van der Waals surface area contributed by atoms with Crippen LogP contribution >= 0.6 is 0 Å². The Kier molecular flexibility index (Phi) is 4.27. The highest BCUT2D eigenvalue weighted by atomic mass is 16.5. The molecule has 0 amide bonds. The highest BCUT2D eigenvalue weighted by Crippen LogP contribution is 2.37. The third-order valence-corrected chi connectivity index (χ3v) is 3.66. The summed E-state index contributed by atoms with van der Waals surface area (Å²) in [6.07, 6.45) is 5.59. The van der Waals surface area contributed by atoms with Gasteiger partial charge in [-0.2, -0.15) is 5.10 Å². The van der Waals surface area contributed by atoms with Gasteiger partial charge in [0.25, 0.3) is 0 Å². The fourth-order valence-electron chi connectivity index (χ4n) is 2.47. The van der Waals surface area contributed by atoms with E-state index in [1.54, 1.807) is 20.4 Å². The van der Waals surface area contributed by atoms with Crippen LogP contribution in [0.5, 0.6) is 11.5 Å². The van der Waals surface area contributed by atoms with Gasteiger partial charge in [-0.25, -0.2) is 4.68 Å². The minimum absolute atomic E-state index is 0.122. The van der Waals surface area contributed by atoms with E-state index in [1.807, 2.05) is 46.0 Å². The number of ether oxygens (including phenoxy) is 2. The monoisotopic (exact) mass is 313 g/mol. The van der Waals surface area contributed by atoms with E-state index in [2.05, 4.69) is 22.3 Å². The fraction of sp³-hybridized carbons (Fsp3) is 0.312. The number of benzene rings is 1. The van der Waals surface area contributed by atoms with Crippen molar-refractivity contribution in [3.8, 4) is 22.8 Å². The zero-order chi connectivity index (χ0) is 16.2. The lowest BCUT2D eigenvalue weighted by atomic mass is 10.1. The second-order valence-electron chi connectivity index (χ2n) is 5.20. The molecule has 1 unspecified atom stereocenters. The highest BCUT2D eigenvalue weighted by molar-refractivity contribution is 5.73. The Morgan fingerprint density at radius 2 is 1.87 bits per heavy atom. The van der Waals surface area contributed by atoms with Gasteiger partial charge in [-0.05, 0) is 25.1 Å². The number of methoxy groups -OCH3 is 2. The minimum Gasteiger partial charge on any atom is -0.496 e. The van der Waals surface area contributed by atoms with E-state index in [-0.39, 0.29) is 6.04 Å². The number of rotatable bonds is 6. The van der Waals surface area contributed by atoms with Gasteiger partial charge in [0.15, 0.2) is 0 Å². The van der Waals surface area contributed by atoms with Crippen molar-refractivity contribution < 1.29 is 9.47 Å². The van der Waals surface area contributed by atoms with Gasteiger partial charge in [0, 0.05) is 12.4 Å². The molecule has 7 heteroatoms. The van der Waals surface area contributed by atoms with Crippen LogP contribution < -0.4 is 9.47 Å². The Labute approximate surface area is 134 Å². The van der Waals surface area contributed by atoms with E-state index in [9.17, 15) is 0 Å². The smallest absolute Gasteiger partial charge is 0.132 e. The summed E-state index contributed by atoms with van der Waals surface area (Å²) in [5, 5.41) is 12.7. The fourth-order valence-corrected chi connectivity index (χ4v) is 2.47. The molecule has 0 saturated carbocycles. The zero-order valence-electron chi connectivity index (χ0n) is 13.4. The van der Waals surface area contributed by atoms with E-state index in [0.717, 1.165) is 12.1 Å². The molecule has 0 fully saturated rings. The molecular weight excluding hydrogens is 294 g/mol. The molecule has 2 heterocycles. The van der Waals surface area contributed by atoms with Gasteiger partial charge < -0.3 is 9.47 Å². The average Bonchev–Trinajstić information content (AvgIpc) is 3.25. The summed E-state index contributed by atoms with van der Waals surface area (Å²) in [7, 11) is 3.26. The van der Waals surface area contributed by atoms with Crippen molar-refractivity contribution in [3.05, 3.63) is 42.9 Å². The summed E-state index contributed by atoms with van der Waals surface area (Å²) >= 11 is 0. The maximum absolute atomic E-state index is 5.43. The first-order chi connectivity index (χ1) is 11.2. The van der Waals surface area contributed by atoms with E-state index in [4.69, 9.17) is 9.47 Å². The maximum atomic E-state index is 5.43. The number of hydrogen-bond donors (Lipinski definition) is 0. The van der Waals surface area contributed by atoms with E-state index in [1.165, 1.54) is 0 Å². The molecule has 120 valence electrons. The quantitative estimate of drug-likeness (QED) is 0.699. The van der Waals surface area contributed by atoms with E-state index < -0.39 is 0 Å². The van der Waals surface area contributed by atoms with Crippen molar-refractivity contribution >= 4 is 0 Å². The van der Waals surface area contributed by atoms with Crippen LogP contribution in [0.4, 0.5) is 0 Å². The van der Waals surface area contributed by atoms with Crippen LogP contribution in [-0.2, 0) is 6.54 Å². The lowest BCUT2D eigenvalue weighted by Gasteiger charge is -2.12. The van der Waals surface area contributed by atoms with Crippen LogP contribution in [0.15, 0.2) is 42.9 Å². The predicted molar refractivity (Wildman–Crippen MR) is 85.5 cm³/mol. The Bertz CT molecular complexity index is 744. The summed E-state index contributed by atoms with van der Waals surface area (Å²) < 4.78 is 14.5. The van der Waals surface area contributed by atoms with Gasteiger partial charge in [-0.1, -0.05) is 11.3 Å². The first kappa shape index (κ1) is 15.1. The molecule has 1 aromatic carbocycles. The molecule has 0 spiro atoms. The van der Waals surface area contributed by atoms with Crippen LogP contribution in [-0.4, -0.2) is 39.0 Å². The largest absolute Gasteiger partial charge is 0.496 e. The SMILES string of the molecule is COc1cccc(OC)c1-c1cn(C(C)Cn2cccn2)nn1. The van der Waals surface area contributed by atoms with Crippen molar-refractivity contribution in [2.75, 3.05) is 14.2 Å². The maximum Gasteiger partial charge on any atom is 0.132 e. The van der Waals surface area contributed by atoms with E-state index in [0.29, 0.717) is 17.2 Å². The molecule has 2 aromatic heterocycles. The molecule has 0 aliphatic rings. The average molecular weight is 313 g/mol. The molecule has 1 atom stereocenters. The molecule has 0 saturated heterocycles. The van der Waals surface area contributed by atoms with Crippen molar-refractivity contribution in [1.82, 2.24) is 24.8 Å². The lowest BCUT2D eigenvalue weighted by molar-refractivity contribution is 0.397. The summed E-state index contributed by atoms with van der Waals surface area (Å²) in [4.78, 5) is 0. The first-order valence-corrected chi connectivity index (χ1v) is 7.33. The third kappa shape index (κ3) is 3.03. The summed E-state index contributed by atoms with van der Waals surface area (Å²) in [6.45, 7) is 2.79. The Balaban J connectivity index is 1.90. The summed E-state index contributed by atoms with van der Waals surface area (Å²) in [6, 6.07) is 7.66. The first-order valence-electron chi connectivity index (χ1n) is 7.33. The molecule has 0 aliphatic heterocycles. The van der Waals surface area contributed by atoms with Crippen molar-refractivity contribution in [1.29, 1.82) is 0 Å². The number of aromatic nitrogens is 5. The van der Waals surface area contributed by atoms with Crippen LogP contribution in [0.25, 0.3) is 11.3 Å². The van der Waals surface area contributed by atoms with Gasteiger partial charge in [0.1, 0.15) is 17.2 Å². The lowest BCUT2D eigenvalue weighted by Crippen LogP contribution is -2.14. The molecule has 23 heavy (non-hydrogen) atoms. The normalized spacial score (nSPS) is 12.1. The van der Waals surface area contributed by atoms with Crippen LogP contribution in [0.1, 0.15) is 13.0 Å². The Hall–Kier alpha value is -2.83. The van der Waals surface area contributed by atoms with Gasteiger partial charge in [0.2, 0.25) is 0 Å². The standard InChI is InChI=1S/C16H19N5O2/c1-12(10-20-9-5-8-17-20)21-11-13(18-19-21)16-14(22-2)6-4-7-15(16)23-3/h4-9,11-12H,10H2,1-3H3. The van der Waals surface area contributed by atoms with Gasteiger partial charge >= 0.3 is 0 Å². The third-order valence-electron chi connectivity index (χ3n) is 3.66. The summed E-state index contributed by atoms with van der Waals surface area (Å²) in [5.41, 5.74) is 1.52. The number of nitrogens with zero attached hydrogens (tertiary/aromatic N) is 5. The molecule has 3 rings (SSSR count). The van der Waals surface area contributed by atoms with Crippen LogP contribution in [0, 0.1) is 0 Å². The second kappa shape index (κ2) is 6.51. The van der Waals surface area contributed by atoms with Gasteiger partial charge in [-0.3, -0.25) is 4.68 Å². The molecule has 7 nitrogen and oxygen atoms in total. The van der Waals surface area contributed by atoms with Crippen LogP contribution in [0.3, 0.4) is 0 Å².